The van der Waals surface area contributed by atoms with Gasteiger partial charge in [0.2, 0.25) is 0 Å². The lowest BCUT2D eigenvalue weighted by Crippen LogP contribution is -2.38. The molecule has 1 aliphatic rings. The average molecular weight is 224 g/mol. The molecule has 0 spiro atoms. The van der Waals surface area contributed by atoms with Crippen molar-refractivity contribution in [3.63, 3.8) is 0 Å². The Bertz CT molecular complexity index is 238. The average Bonchev–Trinajstić information content (AvgIpc) is 2.25. The smallest absolute Gasteiger partial charge is 0.0168 e. The summed E-state index contributed by atoms with van der Waals surface area (Å²) < 4.78 is 0. The molecular formula is C14H28N2. The van der Waals surface area contributed by atoms with Crippen molar-refractivity contribution in [2.24, 2.45) is 11.1 Å². The Morgan fingerprint density at radius 1 is 1.44 bits per heavy atom. The first-order valence-corrected chi connectivity index (χ1v) is 6.58. The summed E-state index contributed by atoms with van der Waals surface area (Å²) in [5.41, 5.74) is 7.53. The van der Waals surface area contributed by atoms with Gasteiger partial charge in [-0.3, -0.25) is 4.90 Å². The van der Waals surface area contributed by atoms with E-state index in [1.807, 2.05) is 0 Å². The van der Waals surface area contributed by atoms with Gasteiger partial charge in [-0.25, -0.2) is 0 Å². The highest BCUT2D eigenvalue weighted by Gasteiger charge is 2.23. The van der Waals surface area contributed by atoms with Crippen molar-refractivity contribution in [1.82, 2.24) is 4.90 Å². The highest BCUT2D eigenvalue weighted by molar-refractivity contribution is 5.14. The van der Waals surface area contributed by atoms with Crippen molar-refractivity contribution < 1.29 is 0 Å². The van der Waals surface area contributed by atoms with E-state index in [9.17, 15) is 0 Å². The molecule has 0 bridgehead atoms. The summed E-state index contributed by atoms with van der Waals surface area (Å²) in [6.45, 7) is 12.4. The molecule has 0 fully saturated rings. The second kappa shape index (κ2) is 5.83. The van der Waals surface area contributed by atoms with Gasteiger partial charge in [0.05, 0.1) is 0 Å². The first-order valence-electron chi connectivity index (χ1n) is 6.58. The molecule has 0 saturated heterocycles. The molecule has 2 N–H and O–H groups in total. The molecule has 0 aromatic carbocycles. The standard InChI is InChI=1S/C14H28N2/c1-12(6-5-9-15)16-10-7-13(8-11-16)14(2,3)4/h7,12H,5-6,8-11,15H2,1-4H3. The molecule has 94 valence electrons. The molecule has 1 aliphatic heterocycles. The maximum atomic E-state index is 5.56. The van der Waals surface area contributed by atoms with Gasteiger partial charge >= 0.3 is 0 Å². The lowest BCUT2D eigenvalue weighted by Gasteiger charge is -2.35. The van der Waals surface area contributed by atoms with Gasteiger partial charge in [-0.2, -0.15) is 0 Å². The van der Waals surface area contributed by atoms with Crippen LogP contribution >= 0.6 is 0 Å². The minimum atomic E-state index is 0.354. The molecular weight excluding hydrogens is 196 g/mol. The molecule has 0 radical (unpaired) electrons. The fourth-order valence-corrected chi connectivity index (χ4v) is 2.36. The second-order valence-corrected chi connectivity index (χ2v) is 6.00. The van der Waals surface area contributed by atoms with Crippen molar-refractivity contribution in [2.75, 3.05) is 19.6 Å². The van der Waals surface area contributed by atoms with Crippen LogP contribution in [0.1, 0.15) is 47.0 Å². The van der Waals surface area contributed by atoms with E-state index in [0.717, 1.165) is 19.5 Å². The highest BCUT2D eigenvalue weighted by Crippen LogP contribution is 2.30. The zero-order chi connectivity index (χ0) is 12.2. The molecule has 16 heavy (non-hydrogen) atoms. The Kier molecular flexibility index (Phi) is 5.00. The minimum Gasteiger partial charge on any atom is -0.330 e. The quantitative estimate of drug-likeness (QED) is 0.744. The molecule has 1 rings (SSSR count). The topological polar surface area (TPSA) is 29.3 Å². The van der Waals surface area contributed by atoms with Gasteiger partial charge in [-0.05, 0) is 38.1 Å². The summed E-state index contributed by atoms with van der Waals surface area (Å²) in [5.74, 6) is 0. The molecule has 0 saturated carbocycles. The molecule has 2 heteroatoms. The van der Waals surface area contributed by atoms with E-state index in [1.54, 1.807) is 5.57 Å². The summed E-state index contributed by atoms with van der Waals surface area (Å²) >= 11 is 0. The summed E-state index contributed by atoms with van der Waals surface area (Å²) in [5, 5.41) is 0. The minimum absolute atomic E-state index is 0.354. The molecule has 1 unspecified atom stereocenters. The molecule has 0 aromatic heterocycles. The SMILES string of the molecule is CC(CCCN)N1CC=C(C(C)(C)C)CC1. The van der Waals surface area contributed by atoms with Crippen LogP contribution in [-0.2, 0) is 0 Å². The first-order chi connectivity index (χ1) is 7.45. The van der Waals surface area contributed by atoms with Gasteiger partial charge in [0, 0.05) is 19.1 Å². The van der Waals surface area contributed by atoms with Crippen molar-refractivity contribution in [3.8, 4) is 0 Å². The van der Waals surface area contributed by atoms with Crippen LogP contribution in [-0.4, -0.2) is 30.6 Å². The summed E-state index contributed by atoms with van der Waals surface area (Å²) in [6.07, 6.45) is 6.04. The third-order valence-electron chi connectivity index (χ3n) is 3.65. The van der Waals surface area contributed by atoms with E-state index in [0.29, 0.717) is 11.5 Å². The fourth-order valence-electron chi connectivity index (χ4n) is 2.36. The lowest BCUT2D eigenvalue weighted by atomic mass is 9.82. The Morgan fingerprint density at radius 3 is 2.56 bits per heavy atom. The van der Waals surface area contributed by atoms with Crippen molar-refractivity contribution in [3.05, 3.63) is 11.6 Å². The number of nitrogens with two attached hydrogens (primary N) is 1. The molecule has 1 atom stereocenters. The third-order valence-corrected chi connectivity index (χ3v) is 3.65. The summed E-state index contributed by atoms with van der Waals surface area (Å²) in [6, 6.07) is 0.682. The maximum Gasteiger partial charge on any atom is 0.0168 e. The monoisotopic (exact) mass is 224 g/mol. The predicted molar refractivity (Wildman–Crippen MR) is 71.5 cm³/mol. The Hall–Kier alpha value is -0.340. The van der Waals surface area contributed by atoms with E-state index >= 15 is 0 Å². The van der Waals surface area contributed by atoms with Gasteiger partial charge < -0.3 is 5.73 Å². The number of rotatable bonds is 4. The van der Waals surface area contributed by atoms with Crippen LogP contribution in [0.4, 0.5) is 0 Å². The van der Waals surface area contributed by atoms with E-state index < -0.39 is 0 Å². The zero-order valence-electron chi connectivity index (χ0n) is 11.4. The maximum absolute atomic E-state index is 5.56. The van der Waals surface area contributed by atoms with Gasteiger partial charge in [-0.15, -0.1) is 0 Å². The number of hydrogen-bond acceptors (Lipinski definition) is 2. The van der Waals surface area contributed by atoms with Crippen LogP contribution in [0.15, 0.2) is 11.6 Å². The molecule has 2 nitrogen and oxygen atoms in total. The van der Waals surface area contributed by atoms with Crippen molar-refractivity contribution >= 4 is 0 Å². The highest BCUT2D eigenvalue weighted by atomic mass is 15.1. The van der Waals surface area contributed by atoms with Crippen LogP contribution in [0.25, 0.3) is 0 Å². The summed E-state index contributed by atoms with van der Waals surface area (Å²) in [4.78, 5) is 2.57. The van der Waals surface area contributed by atoms with Crippen molar-refractivity contribution in [2.45, 2.75) is 53.0 Å². The number of nitrogens with zero attached hydrogens (tertiary/aromatic N) is 1. The van der Waals surface area contributed by atoms with Gasteiger partial charge in [0.15, 0.2) is 0 Å². The van der Waals surface area contributed by atoms with Crippen LogP contribution in [0.2, 0.25) is 0 Å². The molecule has 0 amide bonds. The Morgan fingerprint density at radius 2 is 2.12 bits per heavy atom. The predicted octanol–water partition coefficient (Wildman–Crippen LogP) is 2.79. The lowest BCUT2D eigenvalue weighted by molar-refractivity contribution is 0.205. The van der Waals surface area contributed by atoms with Gasteiger partial charge in [-0.1, -0.05) is 32.4 Å². The second-order valence-electron chi connectivity index (χ2n) is 6.00. The van der Waals surface area contributed by atoms with Crippen LogP contribution in [0, 0.1) is 5.41 Å². The van der Waals surface area contributed by atoms with Crippen LogP contribution < -0.4 is 5.73 Å². The zero-order valence-corrected chi connectivity index (χ0v) is 11.4. The normalized spacial score (nSPS) is 20.7. The van der Waals surface area contributed by atoms with E-state index in [1.165, 1.54) is 19.4 Å². The Labute approximate surface area is 101 Å². The Balaban J connectivity index is 2.44. The van der Waals surface area contributed by atoms with Gasteiger partial charge in [0.1, 0.15) is 0 Å². The van der Waals surface area contributed by atoms with Gasteiger partial charge in [0.25, 0.3) is 0 Å². The van der Waals surface area contributed by atoms with E-state index in [2.05, 4.69) is 38.7 Å². The summed E-state index contributed by atoms with van der Waals surface area (Å²) in [7, 11) is 0. The molecule has 0 aromatic rings. The fraction of sp³-hybridized carbons (Fsp3) is 0.857. The van der Waals surface area contributed by atoms with E-state index in [4.69, 9.17) is 5.73 Å². The van der Waals surface area contributed by atoms with Crippen molar-refractivity contribution in [1.29, 1.82) is 0 Å². The number of hydrogen-bond donors (Lipinski definition) is 1. The first kappa shape index (κ1) is 13.7. The van der Waals surface area contributed by atoms with E-state index in [-0.39, 0.29) is 0 Å². The van der Waals surface area contributed by atoms with Crippen LogP contribution in [0.3, 0.4) is 0 Å². The molecule has 0 aliphatic carbocycles. The molecule has 1 heterocycles. The third kappa shape index (κ3) is 3.91. The van der Waals surface area contributed by atoms with Crippen LogP contribution in [0.5, 0.6) is 0 Å². The largest absolute Gasteiger partial charge is 0.330 e.